The van der Waals surface area contributed by atoms with Crippen LogP contribution in [0.25, 0.3) is 21.2 Å². The lowest BCUT2D eigenvalue weighted by Crippen LogP contribution is -2.00. The highest BCUT2D eigenvalue weighted by Crippen LogP contribution is 2.34. The Morgan fingerprint density at radius 2 is 1.79 bits per heavy atom. The van der Waals surface area contributed by atoms with E-state index in [0.29, 0.717) is 5.56 Å². The van der Waals surface area contributed by atoms with E-state index in [1.807, 2.05) is 25.1 Å². The summed E-state index contributed by atoms with van der Waals surface area (Å²) in [5, 5.41) is 12.5. The summed E-state index contributed by atoms with van der Waals surface area (Å²) in [6.07, 6.45) is 0. The molecule has 1 heterocycles. The average Bonchev–Trinajstić information content (AvgIpc) is 2.87. The Labute approximate surface area is 114 Å². The summed E-state index contributed by atoms with van der Waals surface area (Å²) in [7, 11) is 0. The van der Waals surface area contributed by atoms with Crippen LogP contribution in [0.5, 0.6) is 0 Å². The van der Waals surface area contributed by atoms with E-state index in [2.05, 4.69) is 17.5 Å². The average molecular weight is 268 g/mol. The Morgan fingerprint density at radius 1 is 1.05 bits per heavy atom. The maximum atomic E-state index is 11.2. The van der Waals surface area contributed by atoms with Crippen LogP contribution >= 0.6 is 11.3 Å². The van der Waals surface area contributed by atoms with Crippen molar-refractivity contribution < 1.29 is 9.90 Å². The van der Waals surface area contributed by atoms with Gasteiger partial charge in [0.1, 0.15) is 0 Å². The number of rotatable bonds is 2. The molecular formula is C16H12O2S. The molecule has 3 aromatic rings. The van der Waals surface area contributed by atoms with Gasteiger partial charge in [-0.15, -0.1) is 11.3 Å². The molecule has 1 N–H and O–H groups in total. The van der Waals surface area contributed by atoms with E-state index in [1.165, 1.54) is 10.1 Å². The fraction of sp³-hybridized carbons (Fsp3) is 0.0625. The SMILES string of the molecule is Cc1c(C(=O)O)cccc1-c1cccc2ccsc12. The maximum Gasteiger partial charge on any atom is 0.335 e. The fourth-order valence-corrected chi connectivity index (χ4v) is 3.29. The standard InChI is InChI=1S/C16H12O2S/c1-10-12(5-3-6-13(10)16(17)18)14-7-2-4-11-8-9-19-15(11)14/h2-9H,1H3,(H,17,18). The minimum atomic E-state index is -0.877. The minimum absolute atomic E-state index is 0.367. The smallest absolute Gasteiger partial charge is 0.335 e. The zero-order valence-corrected chi connectivity index (χ0v) is 11.2. The highest BCUT2D eigenvalue weighted by atomic mass is 32.1. The topological polar surface area (TPSA) is 37.3 Å². The van der Waals surface area contributed by atoms with Gasteiger partial charge in [0.15, 0.2) is 0 Å². The monoisotopic (exact) mass is 268 g/mol. The van der Waals surface area contributed by atoms with Gasteiger partial charge in [0, 0.05) is 4.70 Å². The van der Waals surface area contributed by atoms with E-state index in [4.69, 9.17) is 0 Å². The molecule has 1 aromatic heterocycles. The van der Waals surface area contributed by atoms with Gasteiger partial charge in [-0.25, -0.2) is 4.79 Å². The molecule has 0 fully saturated rings. The zero-order chi connectivity index (χ0) is 13.4. The third-order valence-corrected chi connectivity index (χ3v) is 4.30. The Balaban J connectivity index is 2.30. The third-order valence-electron chi connectivity index (χ3n) is 3.33. The van der Waals surface area contributed by atoms with Crippen LogP contribution in [0.15, 0.2) is 47.8 Å². The van der Waals surface area contributed by atoms with Crippen molar-refractivity contribution in [3.05, 3.63) is 59.0 Å². The largest absolute Gasteiger partial charge is 0.478 e. The van der Waals surface area contributed by atoms with Crippen molar-refractivity contribution in [2.45, 2.75) is 6.92 Å². The first-order chi connectivity index (χ1) is 9.18. The normalized spacial score (nSPS) is 10.8. The lowest BCUT2D eigenvalue weighted by atomic mass is 9.96. The van der Waals surface area contributed by atoms with Crippen LogP contribution in [0.2, 0.25) is 0 Å². The Morgan fingerprint density at radius 3 is 2.58 bits per heavy atom. The molecule has 0 bridgehead atoms. The lowest BCUT2D eigenvalue weighted by Gasteiger charge is -2.09. The highest BCUT2D eigenvalue weighted by Gasteiger charge is 2.13. The number of aromatic carboxylic acids is 1. The molecule has 94 valence electrons. The van der Waals surface area contributed by atoms with Gasteiger partial charge in [-0.2, -0.15) is 0 Å². The summed E-state index contributed by atoms with van der Waals surface area (Å²) in [4.78, 5) is 11.2. The Bertz CT molecular complexity index is 771. The number of carboxylic acids is 1. The number of fused-ring (bicyclic) bond motifs is 1. The summed E-state index contributed by atoms with van der Waals surface area (Å²) in [6.45, 7) is 1.87. The lowest BCUT2D eigenvalue weighted by molar-refractivity contribution is 0.0696. The van der Waals surface area contributed by atoms with Gasteiger partial charge in [-0.05, 0) is 46.5 Å². The van der Waals surface area contributed by atoms with E-state index >= 15 is 0 Å². The van der Waals surface area contributed by atoms with Crippen LogP contribution in [0.3, 0.4) is 0 Å². The second kappa shape index (κ2) is 4.52. The molecule has 0 aliphatic carbocycles. The van der Waals surface area contributed by atoms with Crippen LogP contribution in [0.4, 0.5) is 0 Å². The number of hydrogen-bond donors (Lipinski definition) is 1. The first-order valence-electron chi connectivity index (χ1n) is 5.98. The van der Waals surface area contributed by atoms with E-state index < -0.39 is 5.97 Å². The van der Waals surface area contributed by atoms with E-state index in [9.17, 15) is 9.90 Å². The Hall–Kier alpha value is -2.13. The summed E-state index contributed by atoms with van der Waals surface area (Å²) < 4.78 is 1.20. The molecule has 0 saturated carbocycles. The van der Waals surface area contributed by atoms with Crippen molar-refractivity contribution in [1.29, 1.82) is 0 Å². The second-order valence-electron chi connectivity index (χ2n) is 4.43. The van der Waals surface area contributed by atoms with Gasteiger partial charge in [0.25, 0.3) is 0 Å². The first kappa shape index (κ1) is 11.9. The van der Waals surface area contributed by atoms with Crippen molar-refractivity contribution in [3.63, 3.8) is 0 Å². The number of hydrogen-bond acceptors (Lipinski definition) is 2. The summed E-state index contributed by atoms with van der Waals surface area (Å²) in [5.41, 5.74) is 3.28. The second-order valence-corrected chi connectivity index (χ2v) is 5.34. The summed E-state index contributed by atoms with van der Waals surface area (Å²) in [6, 6.07) is 13.7. The maximum absolute atomic E-state index is 11.2. The molecule has 0 atom stereocenters. The molecule has 0 unspecified atom stereocenters. The molecule has 0 spiro atoms. The van der Waals surface area contributed by atoms with Crippen LogP contribution in [0.1, 0.15) is 15.9 Å². The summed E-state index contributed by atoms with van der Waals surface area (Å²) in [5.74, 6) is -0.877. The number of thiophene rings is 1. The van der Waals surface area contributed by atoms with Crippen LogP contribution < -0.4 is 0 Å². The molecule has 2 nitrogen and oxygen atoms in total. The van der Waals surface area contributed by atoms with Crippen molar-refractivity contribution in [2.24, 2.45) is 0 Å². The van der Waals surface area contributed by atoms with Crippen molar-refractivity contribution in [2.75, 3.05) is 0 Å². The van der Waals surface area contributed by atoms with Crippen LogP contribution in [-0.4, -0.2) is 11.1 Å². The number of carboxylic acid groups (broad SMARTS) is 1. The predicted octanol–water partition coefficient (Wildman–Crippen LogP) is 4.57. The molecular weight excluding hydrogens is 256 g/mol. The molecule has 0 saturated heterocycles. The van der Waals surface area contributed by atoms with Crippen molar-refractivity contribution >= 4 is 27.4 Å². The zero-order valence-electron chi connectivity index (χ0n) is 10.4. The third kappa shape index (κ3) is 1.92. The van der Waals surface area contributed by atoms with Crippen LogP contribution in [0, 0.1) is 6.92 Å². The summed E-state index contributed by atoms with van der Waals surface area (Å²) >= 11 is 1.68. The molecule has 0 aliphatic rings. The minimum Gasteiger partial charge on any atom is -0.478 e. The van der Waals surface area contributed by atoms with Crippen molar-refractivity contribution in [1.82, 2.24) is 0 Å². The molecule has 0 amide bonds. The molecule has 0 radical (unpaired) electrons. The van der Waals surface area contributed by atoms with Gasteiger partial charge in [0.2, 0.25) is 0 Å². The van der Waals surface area contributed by atoms with E-state index in [0.717, 1.165) is 16.7 Å². The molecule has 0 aliphatic heterocycles. The highest BCUT2D eigenvalue weighted by molar-refractivity contribution is 7.17. The van der Waals surface area contributed by atoms with Gasteiger partial charge in [-0.1, -0.05) is 30.3 Å². The first-order valence-corrected chi connectivity index (χ1v) is 6.86. The van der Waals surface area contributed by atoms with Gasteiger partial charge in [-0.3, -0.25) is 0 Å². The van der Waals surface area contributed by atoms with E-state index in [-0.39, 0.29) is 0 Å². The van der Waals surface area contributed by atoms with Gasteiger partial charge in [0.05, 0.1) is 5.56 Å². The number of benzene rings is 2. The van der Waals surface area contributed by atoms with Crippen LogP contribution in [-0.2, 0) is 0 Å². The van der Waals surface area contributed by atoms with Gasteiger partial charge >= 0.3 is 5.97 Å². The molecule has 3 rings (SSSR count). The number of carbonyl (C=O) groups is 1. The quantitative estimate of drug-likeness (QED) is 0.739. The molecule has 3 heteroatoms. The Kier molecular flexibility index (Phi) is 2.84. The molecule has 19 heavy (non-hydrogen) atoms. The molecule has 2 aromatic carbocycles. The van der Waals surface area contributed by atoms with Gasteiger partial charge < -0.3 is 5.11 Å². The fourth-order valence-electron chi connectivity index (χ4n) is 2.36. The van der Waals surface area contributed by atoms with E-state index in [1.54, 1.807) is 23.5 Å². The predicted molar refractivity (Wildman–Crippen MR) is 79.0 cm³/mol. The van der Waals surface area contributed by atoms with Crippen molar-refractivity contribution in [3.8, 4) is 11.1 Å².